The van der Waals surface area contributed by atoms with E-state index in [4.69, 9.17) is 10.5 Å². The number of ether oxygens (including phenoxy) is 1. The number of carbonyl (C=O) groups excluding carboxylic acids is 1. The van der Waals surface area contributed by atoms with Crippen molar-refractivity contribution in [3.63, 3.8) is 0 Å². The van der Waals surface area contributed by atoms with E-state index in [-0.39, 0.29) is 30.0 Å². The standard InChI is InChI=1S/C31H38N6O4S/c1-7-23-18-36(42(39,40)26-10-9-15-33-29(26)41-23)17-22-16-21(12-11-19(22)3)27(31(5,6)30(32)38)24-13-14-25-28(20(24)4)34-35-37(25)8-2/h9-16,23,27H,7-8,17-18H2,1-6H3,(H2,32,38)/t23-,27?/m1/s1. The number of aryl methyl sites for hydroxylation is 3. The average Bonchev–Trinajstić information content (AvgIpc) is 3.34. The van der Waals surface area contributed by atoms with Crippen LogP contribution in [-0.4, -0.2) is 51.3 Å². The molecule has 0 saturated heterocycles. The van der Waals surface area contributed by atoms with Crippen molar-refractivity contribution in [3.8, 4) is 5.88 Å². The fourth-order valence-electron chi connectivity index (χ4n) is 5.77. The Hall–Kier alpha value is -3.83. The van der Waals surface area contributed by atoms with Gasteiger partial charge in [0.25, 0.3) is 0 Å². The number of hydrogen-bond acceptors (Lipinski definition) is 7. The number of nitrogens with zero attached hydrogens (tertiary/aromatic N) is 5. The van der Waals surface area contributed by atoms with Gasteiger partial charge in [0.15, 0.2) is 0 Å². The molecule has 2 N–H and O–H groups in total. The molecule has 0 aliphatic carbocycles. The third kappa shape index (κ3) is 5.05. The molecule has 1 unspecified atom stereocenters. The number of amides is 1. The smallest absolute Gasteiger partial charge is 0.248 e. The molecule has 1 amide bonds. The zero-order valence-corrected chi connectivity index (χ0v) is 25.8. The summed E-state index contributed by atoms with van der Waals surface area (Å²) >= 11 is 0. The van der Waals surface area contributed by atoms with Gasteiger partial charge in [-0.1, -0.05) is 50.3 Å². The van der Waals surface area contributed by atoms with Crippen LogP contribution in [0, 0.1) is 19.3 Å². The Balaban J connectivity index is 1.62. The molecular weight excluding hydrogens is 552 g/mol. The van der Waals surface area contributed by atoms with Crippen molar-refractivity contribution >= 4 is 27.0 Å². The number of aromatic nitrogens is 4. The van der Waals surface area contributed by atoms with Crippen molar-refractivity contribution in [3.05, 3.63) is 76.5 Å². The maximum atomic E-state index is 13.8. The molecule has 2 aromatic carbocycles. The Morgan fingerprint density at radius 2 is 1.93 bits per heavy atom. The van der Waals surface area contributed by atoms with Crippen LogP contribution in [0.2, 0.25) is 0 Å². The predicted molar refractivity (Wildman–Crippen MR) is 160 cm³/mol. The molecule has 0 saturated carbocycles. The lowest BCUT2D eigenvalue weighted by molar-refractivity contribution is -0.126. The molecule has 0 spiro atoms. The number of pyridine rings is 1. The van der Waals surface area contributed by atoms with E-state index in [1.165, 1.54) is 16.6 Å². The zero-order valence-electron chi connectivity index (χ0n) is 25.0. The van der Waals surface area contributed by atoms with Gasteiger partial charge in [0.05, 0.1) is 17.5 Å². The van der Waals surface area contributed by atoms with E-state index >= 15 is 0 Å². The van der Waals surface area contributed by atoms with Crippen molar-refractivity contribution in [2.24, 2.45) is 11.1 Å². The highest BCUT2D eigenvalue weighted by Crippen LogP contribution is 2.44. The van der Waals surface area contributed by atoms with E-state index in [0.717, 1.165) is 38.9 Å². The van der Waals surface area contributed by atoms with Crippen LogP contribution in [0.3, 0.4) is 0 Å². The van der Waals surface area contributed by atoms with Gasteiger partial charge in [0.1, 0.15) is 16.5 Å². The van der Waals surface area contributed by atoms with Gasteiger partial charge in [-0.2, -0.15) is 4.31 Å². The van der Waals surface area contributed by atoms with Gasteiger partial charge in [-0.25, -0.2) is 18.1 Å². The van der Waals surface area contributed by atoms with Crippen molar-refractivity contribution < 1.29 is 17.9 Å². The first kappa shape index (κ1) is 29.7. The molecular formula is C31H38N6O4S. The largest absolute Gasteiger partial charge is 0.472 e. The van der Waals surface area contributed by atoms with Crippen molar-refractivity contribution in [1.29, 1.82) is 0 Å². The van der Waals surface area contributed by atoms with Gasteiger partial charge < -0.3 is 10.5 Å². The number of fused-ring (bicyclic) bond motifs is 2. The van der Waals surface area contributed by atoms with Gasteiger partial charge in [0.2, 0.25) is 21.8 Å². The van der Waals surface area contributed by atoms with Crippen LogP contribution in [0.25, 0.3) is 11.0 Å². The topological polar surface area (TPSA) is 133 Å². The first-order chi connectivity index (χ1) is 19.9. The zero-order chi connectivity index (χ0) is 30.4. The summed E-state index contributed by atoms with van der Waals surface area (Å²) in [6, 6.07) is 13.1. The third-order valence-corrected chi connectivity index (χ3v) is 10.3. The number of nitrogens with two attached hydrogens (primary N) is 1. The number of benzene rings is 2. The van der Waals surface area contributed by atoms with Crippen LogP contribution in [-0.2, 0) is 27.9 Å². The van der Waals surface area contributed by atoms with Crippen molar-refractivity contribution in [1.82, 2.24) is 24.3 Å². The quantitative estimate of drug-likeness (QED) is 0.320. The Bertz CT molecular complexity index is 1760. The van der Waals surface area contributed by atoms with Crippen LogP contribution < -0.4 is 10.5 Å². The van der Waals surface area contributed by atoms with Gasteiger partial charge in [-0.3, -0.25) is 4.79 Å². The monoisotopic (exact) mass is 590 g/mol. The molecule has 4 aromatic rings. The van der Waals surface area contributed by atoms with Crippen molar-refractivity contribution in [2.75, 3.05) is 6.54 Å². The van der Waals surface area contributed by atoms with E-state index in [9.17, 15) is 13.2 Å². The van der Waals surface area contributed by atoms with Gasteiger partial charge >= 0.3 is 0 Å². The fourth-order valence-corrected chi connectivity index (χ4v) is 7.29. The minimum Gasteiger partial charge on any atom is -0.472 e. The minimum absolute atomic E-state index is 0.0616. The summed E-state index contributed by atoms with van der Waals surface area (Å²) in [4.78, 5) is 17.2. The Kier molecular flexibility index (Phi) is 7.84. The van der Waals surface area contributed by atoms with E-state index in [1.54, 1.807) is 6.07 Å². The van der Waals surface area contributed by atoms with Gasteiger partial charge in [-0.05, 0) is 73.2 Å². The first-order valence-corrected chi connectivity index (χ1v) is 15.7. The predicted octanol–water partition coefficient (Wildman–Crippen LogP) is 4.47. The first-order valence-electron chi connectivity index (χ1n) is 14.2. The lowest BCUT2D eigenvalue weighted by atomic mass is 9.69. The maximum absolute atomic E-state index is 13.8. The van der Waals surface area contributed by atoms with Crippen LogP contribution in [0.4, 0.5) is 0 Å². The van der Waals surface area contributed by atoms with Crippen LogP contribution >= 0.6 is 0 Å². The molecule has 3 heterocycles. The highest BCUT2D eigenvalue weighted by atomic mass is 32.2. The Morgan fingerprint density at radius 1 is 1.17 bits per heavy atom. The molecule has 0 bridgehead atoms. The molecule has 0 fully saturated rings. The average molecular weight is 591 g/mol. The summed E-state index contributed by atoms with van der Waals surface area (Å²) in [6.45, 7) is 12.6. The second kappa shape index (κ2) is 11.1. The SMILES string of the molecule is CC[C@@H]1CN(Cc2cc(C(c3ccc4c(nnn4CC)c3C)C(C)(C)C(N)=O)ccc2C)S(=O)(=O)c2cccnc2O1. The Labute approximate surface area is 246 Å². The summed E-state index contributed by atoms with van der Waals surface area (Å²) in [5.41, 5.74) is 11.2. The van der Waals surface area contributed by atoms with Crippen LogP contribution in [0.15, 0.2) is 53.6 Å². The molecule has 1 aliphatic rings. The minimum atomic E-state index is -3.88. The van der Waals surface area contributed by atoms with Gasteiger partial charge in [0, 0.05) is 25.2 Å². The van der Waals surface area contributed by atoms with E-state index in [2.05, 4.69) is 15.3 Å². The van der Waals surface area contributed by atoms with Crippen LogP contribution in [0.1, 0.15) is 67.9 Å². The molecule has 0 radical (unpaired) electrons. The maximum Gasteiger partial charge on any atom is 0.248 e. The number of carbonyl (C=O) groups is 1. The van der Waals surface area contributed by atoms with E-state index < -0.39 is 27.3 Å². The van der Waals surface area contributed by atoms with Crippen LogP contribution in [0.5, 0.6) is 5.88 Å². The lowest BCUT2D eigenvalue weighted by Gasteiger charge is -2.34. The van der Waals surface area contributed by atoms with Crippen molar-refractivity contribution in [2.45, 2.75) is 78.0 Å². The molecule has 2 aromatic heterocycles. The number of hydrogen-bond donors (Lipinski definition) is 1. The van der Waals surface area contributed by atoms with E-state index in [1.807, 2.05) is 76.6 Å². The Morgan fingerprint density at radius 3 is 2.62 bits per heavy atom. The fraction of sp³-hybridized carbons (Fsp3) is 0.419. The second-order valence-corrected chi connectivity index (χ2v) is 13.4. The number of rotatable bonds is 8. The van der Waals surface area contributed by atoms with E-state index in [0.29, 0.717) is 13.0 Å². The summed E-state index contributed by atoms with van der Waals surface area (Å²) in [6.07, 6.45) is 1.82. The highest BCUT2D eigenvalue weighted by molar-refractivity contribution is 7.89. The highest BCUT2D eigenvalue weighted by Gasteiger charge is 2.40. The van der Waals surface area contributed by atoms with Gasteiger partial charge in [-0.15, -0.1) is 5.10 Å². The second-order valence-electron chi connectivity index (χ2n) is 11.5. The molecule has 11 heteroatoms. The number of primary amides is 1. The molecule has 5 rings (SSSR count). The summed E-state index contributed by atoms with van der Waals surface area (Å²) in [7, 11) is -3.88. The normalized spacial score (nSPS) is 17.8. The summed E-state index contributed by atoms with van der Waals surface area (Å²) < 4.78 is 36.9. The molecule has 42 heavy (non-hydrogen) atoms. The molecule has 1 aliphatic heterocycles. The molecule has 222 valence electrons. The number of sulfonamides is 1. The molecule has 2 atom stereocenters. The summed E-state index contributed by atoms with van der Waals surface area (Å²) in [5.74, 6) is -0.720. The molecule has 10 nitrogen and oxygen atoms in total. The summed E-state index contributed by atoms with van der Waals surface area (Å²) in [5, 5.41) is 8.71. The third-order valence-electron chi connectivity index (χ3n) is 8.50. The lowest BCUT2D eigenvalue weighted by Crippen LogP contribution is -2.38.